The maximum atomic E-state index is 5.48. The van der Waals surface area contributed by atoms with Crippen LogP contribution in [0.5, 0.6) is 0 Å². The number of hydrogen-bond acceptors (Lipinski definition) is 3. The molecule has 0 atom stereocenters. The molecule has 0 spiro atoms. The molecule has 0 amide bonds. The van der Waals surface area contributed by atoms with E-state index in [0.29, 0.717) is 0 Å². The molecule has 6 nitrogen and oxygen atoms in total. The average molecular weight is 740 g/mol. The van der Waals surface area contributed by atoms with Crippen LogP contribution in [-0.2, 0) is 17.1 Å². The molecule has 6 aromatic carbocycles. The molecule has 0 aliphatic heterocycles. The number of rotatable bonds is 9. The molecular weight excluding hydrogens is 702 g/mol. The van der Waals surface area contributed by atoms with E-state index in [9.17, 15) is 0 Å². The van der Waals surface area contributed by atoms with Gasteiger partial charge in [0.1, 0.15) is 0 Å². The monoisotopic (exact) mass is 740 g/mol. The van der Waals surface area contributed by atoms with Gasteiger partial charge in [-0.3, -0.25) is 0 Å². The van der Waals surface area contributed by atoms with E-state index in [0.717, 1.165) is 67.5 Å². The van der Waals surface area contributed by atoms with Crippen LogP contribution in [0.4, 0.5) is 0 Å². The van der Waals surface area contributed by atoms with E-state index in [2.05, 4.69) is 178 Å². The molecule has 9 rings (SSSR count). The Kier molecular flexibility index (Phi) is 10.7. The Hall–Kier alpha value is -6.40. The normalized spacial score (nSPS) is 10.8. The van der Waals surface area contributed by atoms with Crippen molar-refractivity contribution in [3.63, 3.8) is 0 Å². The molecule has 262 valence electrons. The number of nitrogens with zero attached hydrogens (tertiary/aromatic N) is 6. The molecule has 3 heterocycles. The molecule has 9 heteroatoms. The smallest absolute Gasteiger partial charge is 0.396 e. The first-order valence-electron chi connectivity index (χ1n) is 17.6. The van der Waals surface area contributed by atoms with Gasteiger partial charge in [-0.25, -0.2) is 15.3 Å². The summed E-state index contributed by atoms with van der Waals surface area (Å²) in [4.78, 5) is 0. The number of aromatic nitrogens is 6. The zero-order valence-electron chi connectivity index (χ0n) is 28.8. The molecule has 0 saturated carbocycles. The van der Waals surface area contributed by atoms with Gasteiger partial charge in [0.15, 0.2) is 0 Å². The van der Waals surface area contributed by atoms with Gasteiger partial charge >= 0.3 is 24.2 Å². The molecule has 0 aliphatic rings. The minimum atomic E-state index is -1.96. The maximum Gasteiger partial charge on any atom is 2.00 e. The van der Waals surface area contributed by atoms with Gasteiger partial charge < -0.3 is 13.8 Å². The maximum absolute atomic E-state index is 5.48. The Balaban J connectivity index is 0.00000225. The minimum Gasteiger partial charge on any atom is -0.396 e. The minimum absolute atomic E-state index is 0. The van der Waals surface area contributed by atoms with Gasteiger partial charge in [-0.2, -0.15) is 0 Å². The first kappa shape index (κ1) is 36.0. The summed E-state index contributed by atoms with van der Waals surface area (Å²) in [5, 5.41) is 16.4. The second-order valence-electron chi connectivity index (χ2n) is 12.9. The third-order valence-electron chi connectivity index (χ3n) is 9.56. The van der Waals surface area contributed by atoms with Crippen molar-refractivity contribution in [1.29, 1.82) is 0 Å². The van der Waals surface area contributed by atoms with Gasteiger partial charge in [0.25, 0.3) is 0 Å². The quantitative estimate of drug-likeness (QED) is 0.140. The molecular formula is C45H38B2FeN6. The van der Waals surface area contributed by atoms with Crippen LogP contribution >= 0.6 is 0 Å². The van der Waals surface area contributed by atoms with Gasteiger partial charge in [-0.15, -0.1) is 0 Å². The summed E-state index contributed by atoms with van der Waals surface area (Å²) in [6, 6.07) is 69.2. The summed E-state index contributed by atoms with van der Waals surface area (Å²) < 4.78 is 6.50. The summed E-state index contributed by atoms with van der Waals surface area (Å²) in [6.07, 6.45) is 0. The fourth-order valence-electron chi connectivity index (χ4n) is 7.05. The van der Waals surface area contributed by atoms with Crippen LogP contribution in [0, 0.1) is 0 Å². The first-order chi connectivity index (χ1) is 25.8. The zero-order chi connectivity index (χ0) is 34.7. The second-order valence-corrected chi connectivity index (χ2v) is 12.9. The Morgan fingerprint density at radius 1 is 0.296 bits per heavy atom. The van der Waals surface area contributed by atoms with Crippen LogP contribution in [0.2, 0.25) is 0 Å². The van der Waals surface area contributed by atoms with Crippen molar-refractivity contribution >= 4 is 15.5 Å². The van der Waals surface area contributed by atoms with Crippen molar-refractivity contribution in [1.82, 2.24) is 29.1 Å². The standard InChI is InChI=1S/C45H34BN6.BH4.Fe/c1-7-19-34(20-8-1)40-31-43(37-25-13-4-14-26-37)50(47-40)46(51-44(38-27-15-5-16-28-38)32-41(48-51)35-21-9-2-10-22-35)52-45(39-29-17-6-18-30-39)33-42(49-52)36-23-11-3-12-24-36;;/h1-33,46H;1H4;/q2*-1;+2. The second kappa shape index (κ2) is 16.1. The molecule has 0 fully saturated rings. The summed E-state index contributed by atoms with van der Waals surface area (Å²) in [5.41, 5.74) is 11.9. The molecule has 3 aromatic heterocycles. The molecule has 0 unspecified atom stereocenters. The molecule has 0 N–H and O–H groups in total. The zero-order valence-corrected chi connectivity index (χ0v) is 29.9. The van der Waals surface area contributed by atoms with E-state index >= 15 is 0 Å². The molecule has 0 bridgehead atoms. The van der Waals surface area contributed by atoms with Crippen LogP contribution in [0.3, 0.4) is 0 Å². The topological polar surface area (TPSA) is 53.5 Å². The molecule has 0 saturated heterocycles. The van der Waals surface area contributed by atoms with Crippen molar-refractivity contribution < 1.29 is 17.1 Å². The SMILES string of the molecule is [BH4-].[Fe+2].c1ccc(-c2cc(-c3ccccc3)n([BH-](n3nc(-c4ccccc4)cc3-c3ccccc3)n3nc(-c4ccccc4)cc3-c3ccccc3)n2)cc1. The van der Waals surface area contributed by atoms with Gasteiger partial charge in [-0.1, -0.05) is 190 Å². The largest absolute Gasteiger partial charge is 2.00 e. The van der Waals surface area contributed by atoms with E-state index < -0.39 is 7.12 Å². The van der Waals surface area contributed by atoms with Crippen LogP contribution in [0.25, 0.3) is 67.5 Å². The predicted molar refractivity (Wildman–Crippen MR) is 224 cm³/mol. The predicted octanol–water partition coefficient (Wildman–Crippen LogP) is 8.49. The Labute approximate surface area is 328 Å². The van der Waals surface area contributed by atoms with Gasteiger partial charge in [-0.05, 0) is 34.9 Å². The van der Waals surface area contributed by atoms with Gasteiger partial charge in [0.2, 0.25) is 0 Å². The summed E-state index contributed by atoms with van der Waals surface area (Å²) in [6.45, 7) is 0. The van der Waals surface area contributed by atoms with Gasteiger partial charge in [0, 0.05) is 33.8 Å². The van der Waals surface area contributed by atoms with Crippen molar-refractivity contribution in [2.24, 2.45) is 0 Å². The summed E-state index contributed by atoms with van der Waals surface area (Å²) in [5.74, 6) is 0. The molecule has 54 heavy (non-hydrogen) atoms. The van der Waals surface area contributed by atoms with Crippen molar-refractivity contribution in [3.8, 4) is 67.5 Å². The number of hydrogen-bond donors (Lipinski definition) is 0. The average Bonchev–Trinajstić information content (AvgIpc) is 3.99. The van der Waals surface area contributed by atoms with Crippen molar-refractivity contribution in [2.45, 2.75) is 0 Å². The van der Waals surface area contributed by atoms with E-state index in [1.165, 1.54) is 0 Å². The molecule has 9 aromatic rings. The fraction of sp³-hybridized carbons (Fsp3) is 0. The third kappa shape index (κ3) is 7.03. The molecule has 0 aliphatic carbocycles. The Morgan fingerprint density at radius 3 is 0.722 bits per heavy atom. The molecule has 0 radical (unpaired) electrons. The third-order valence-corrected chi connectivity index (χ3v) is 9.56. The van der Waals surface area contributed by atoms with Crippen LogP contribution in [-0.4, -0.2) is 44.6 Å². The van der Waals surface area contributed by atoms with E-state index in [1.807, 2.05) is 36.4 Å². The fourth-order valence-corrected chi connectivity index (χ4v) is 7.05. The van der Waals surface area contributed by atoms with Crippen LogP contribution in [0.15, 0.2) is 200 Å². The number of benzene rings is 6. The first-order valence-corrected chi connectivity index (χ1v) is 17.6. The van der Waals surface area contributed by atoms with E-state index in [4.69, 9.17) is 15.3 Å². The van der Waals surface area contributed by atoms with E-state index in [-0.39, 0.29) is 25.5 Å². The summed E-state index contributed by atoms with van der Waals surface area (Å²) >= 11 is 0. The summed E-state index contributed by atoms with van der Waals surface area (Å²) in [7, 11) is -1.96. The van der Waals surface area contributed by atoms with Crippen LogP contribution < -0.4 is 0 Å². The van der Waals surface area contributed by atoms with Crippen molar-refractivity contribution in [3.05, 3.63) is 200 Å². The van der Waals surface area contributed by atoms with Crippen molar-refractivity contribution in [2.75, 3.05) is 0 Å². The van der Waals surface area contributed by atoms with Gasteiger partial charge in [0.05, 0.1) is 17.1 Å². The van der Waals surface area contributed by atoms with E-state index in [1.54, 1.807) is 0 Å². The van der Waals surface area contributed by atoms with Crippen LogP contribution in [0.1, 0.15) is 0 Å². The Bertz CT molecular complexity index is 2270. The Morgan fingerprint density at radius 2 is 0.500 bits per heavy atom.